The average molecular weight is 354 g/mol. The largest absolute Gasteiger partial charge is 0.493 e. The van der Waals surface area contributed by atoms with Crippen molar-refractivity contribution in [1.82, 2.24) is 0 Å². The molecule has 2 rings (SSSR count). The first-order chi connectivity index (χ1) is 11.4. The number of nitro benzene ring substituents is 1. The lowest BCUT2D eigenvalue weighted by Crippen LogP contribution is -2.05. The lowest BCUT2D eigenvalue weighted by Gasteiger charge is -2.17. The molecule has 0 aliphatic carbocycles. The summed E-state index contributed by atoms with van der Waals surface area (Å²) in [4.78, 5) is 10.6. The minimum absolute atomic E-state index is 0.0711. The third-order valence-corrected chi connectivity index (χ3v) is 3.72. The number of ether oxygens (including phenoxy) is 3. The molecule has 0 aliphatic rings. The van der Waals surface area contributed by atoms with Crippen LogP contribution in [0.5, 0.6) is 17.2 Å². The Morgan fingerprint density at radius 3 is 2.12 bits per heavy atom. The van der Waals surface area contributed by atoms with Gasteiger partial charge < -0.3 is 19.3 Å². The zero-order chi connectivity index (χ0) is 17.9. The molecular weight excluding hydrogens is 338 g/mol. The molecule has 0 amide bonds. The second kappa shape index (κ2) is 7.37. The van der Waals surface area contributed by atoms with Crippen molar-refractivity contribution in [1.29, 1.82) is 0 Å². The summed E-state index contributed by atoms with van der Waals surface area (Å²) in [7, 11) is 4.34. The molecule has 0 radical (unpaired) electrons. The standard InChI is InChI=1S/C16H16ClNO6/c1-22-13-6-9(7-14(23-2)16(13)24-3)15(19)11-8-10(17)4-5-12(11)18(20)21/h4-8,15,19H,1-3H3. The summed E-state index contributed by atoms with van der Waals surface area (Å²) in [6.45, 7) is 0. The SMILES string of the molecule is COc1cc(C(O)c2cc(Cl)ccc2[N+](=O)[O-])cc(OC)c1OC. The van der Waals surface area contributed by atoms with E-state index in [9.17, 15) is 15.2 Å². The van der Waals surface area contributed by atoms with Crippen molar-refractivity contribution in [2.75, 3.05) is 21.3 Å². The highest BCUT2D eigenvalue weighted by atomic mass is 35.5. The minimum Gasteiger partial charge on any atom is -0.493 e. The van der Waals surface area contributed by atoms with E-state index in [-0.39, 0.29) is 16.3 Å². The average Bonchev–Trinajstić information content (AvgIpc) is 2.59. The van der Waals surface area contributed by atoms with Crippen LogP contribution < -0.4 is 14.2 Å². The third-order valence-electron chi connectivity index (χ3n) is 3.48. The van der Waals surface area contributed by atoms with Crippen LogP contribution in [-0.4, -0.2) is 31.4 Å². The summed E-state index contributed by atoms with van der Waals surface area (Å²) < 4.78 is 15.7. The van der Waals surface area contributed by atoms with Gasteiger partial charge in [0.25, 0.3) is 5.69 Å². The van der Waals surface area contributed by atoms with Gasteiger partial charge in [0.1, 0.15) is 6.10 Å². The quantitative estimate of drug-likeness (QED) is 0.632. The zero-order valence-corrected chi connectivity index (χ0v) is 14.0. The van der Waals surface area contributed by atoms with Crippen molar-refractivity contribution in [3.05, 3.63) is 56.6 Å². The van der Waals surface area contributed by atoms with Crippen LogP contribution >= 0.6 is 11.6 Å². The van der Waals surface area contributed by atoms with Gasteiger partial charge in [0.05, 0.1) is 31.8 Å². The van der Waals surface area contributed by atoms with Gasteiger partial charge in [-0.25, -0.2) is 0 Å². The first kappa shape index (κ1) is 17.8. The van der Waals surface area contributed by atoms with Crippen molar-refractivity contribution >= 4 is 17.3 Å². The topological polar surface area (TPSA) is 91.1 Å². The number of nitro groups is 1. The summed E-state index contributed by atoms with van der Waals surface area (Å²) in [5.74, 6) is 1.02. The number of aliphatic hydroxyl groups excluding tert-OH is 1. The Balaban J connectivity index is 2.60. The number of aliphatic hydroxyl groups is 1. The van der Waals surface area contributed by atoms with Gasteiger partial charge in [-0.05, 0) is 29.8 Å². The Kier molecular flexibility index (Phi) is 5.48. The van der Waals surface area contributed by atoms with Crippen LogP contribution in [0.1, 0.15) is 17.2 Å². The predicted octanol–water partition coefficient (Wildman–Crippen LogP) is 3.36. The number of halogens is 1. The molecule has 0 aromatic heterocycles. The Labute approximate surface area is 143 Å². The maximum absolute atomic E-state index is 11.2. The van der Waals surface area contributed by atoms with Crippen LogP contribution in [0.4, 0.5) is 5.69 Å². The molecule has 0 saturated heterocycles. The maximum Gasteiger partial charge on any atom is 0.275 e. The van der Waals surface area contributed by atoms with Gasteiger partial charge in [-0.3, -0.25) is 10.1 Å². The van der Waals surface area contributed by atoms with E-state index >= 15 is 0 Å². The fourth-order valence-corrected chi connectivity index (χ4v) is 2.53. The molecule has 128 valence electrons. The molecule has 7 nitrogen and oxygen atoms in total. The summed E-state index contributed by atoms with van der Waals surface area (Å²) >= 11 is 5.91. The van der Waals surface area contributed by atoms with E-state index in [1.165, 1.54) is 51.7 Å². The van der Waals surface area contributed by atoms with Crippen molar-refractivity contribution in [3.63, 3.8) is 0 Å². The van der Waals surface area contributed by atoms with Crippen LogP contribution in [0.25, 0.3) is 0 Å². The highest BCUT2D eigenvalue weighted by Gasteiger charge is 2.25. The third kappa shape index (κ3) is 3.37. The molecule has 0 heterocycles. The Hall–Kier alpha value is -2.51. The van der Waals surface area contributed by atoms with Gasteiger partial charge in [0, 0.05) is 11.1 Å². The smallest absolute Gasteiger partial charge is 0.275 e. The zero-order valence-electron chi connectivity index (χ0n) is 13.3. The molecule has 24 heavy (non-hydrogen) atoms. The van der Waals surface area contributed by atoms with Gasteiger partial charge >= 0.3 is 0 Å². The van der Waals surface area contributed by atoms with Crippen LogP contribution in [0.3, 0.4) is 0 Å². The second-order valence-corrected chi connectivity index (χ2v) is 5.26. The number of hydrogen-bond donors (Lipinski definition) is 1. The van der Waals surface area contributed by atoms with Crippen molar-refractivity contribution in [3.8, 4) is 17.2 Å². The molecule has 0 spiro atoms. The molecule has 8 heteroatoms. The highest BCUT2D eigenvalue weighted by Crippen LogP contribution is 2.42. The highest BCUT2D eigenvalue weighted by molar-refractivity contribution is 6.30. The van der Waals surface area contributed by atoms with E-state index in [1.807, 2.05) is 0 Å². The first-order valence-electron chi connectivity index (χ1n) is 6.84. The number of benzene rings is 2. The predicted molar refractivity (Wildman–Crippen MR) is 88.3 cm³/mol. The van der Waals surface area contributed by atoms with Gasteiger partial charge in [0.2, 0.25) is 5.75 Å². The van der Waals surface area contributed by atoms with Crippen LogP contribution in [-0.2, 0) is 0 Å². The minimum atomic E-state index is -1.29. The van der Waals surface area contributed by atoms with Crippen LogP contribution in [0.2, 0.25) is 5.02 Å². The summed E-state index contributed by atoms with van der Waals surface area (Å²) in [5, 5.41) is 22.1. The van der Waals surface area contributed by atoms with Crippen molar-refractivity contribution in [2.45, 2.75) is 6.10 Å². The Morgan fingerprint density at radius 2 is 1.67 bits per heavy atom. The van der Waals surface area contributed by atoms with E-state index in [0.29, 0.717) is 22.8 Å². The number of nitrogens with zero attached hydrogens (tertiary/aromatic N) is 1. The molecule has 1 N–H and O–H groups in total. The fourth-order valence-electron chi connectivity index (χ4n) is 2.35. The fraction of sp³-hybridized carbons (Fsp3) is 0.250. The summed E-state index contributed by atoms with van der Waals surface area (Å²) in [6.07, 6.45) is -1.29. The maximum atomic E-state index is 11.2. The number of methoxy groups -OCH3 is 3. The lowest BCUT2D eigenvalue weighted by atomic mass is 9.99. The van der Waals surface area contributed by atoms with E-state index in [0.717, 1.165) is 0 Å². The first-order valence-corrected chi connectivity index (χ1v) is 7.22. The normalized spacial score (nSPS) is 11.7. The van der Waals surface area contributed by atoms with Crippen molar-refractivity contribution < 1.29 is 24.2 Å². The lowest BCUT2D eigenvalue weighted by molar-refractivity contribution is -0.386. The van der Waals surface area contributed by atoms with Gasteiger partial charge in [-0.1, -0.05) is 11.6 Å². The molecule has 0 fully saturated rings. The van der Waals surface area contributed by atoms with E-state index in [1.54, 1.807) is 0 Å². The molecule has 1 atom stereocenters. The molecule has 0 bridgehead atoms. The van der Waals surface area contributed by atoms with Crippen molar-refractivity contribution in [2.24, 2.45) is 0 Å². The number of rotatable bonds is 6. The molecule has 1 unspecified atom stereocenters. The second-order valence-electron chi connectivity index (χ2n) is 4.82. The van der Waals surface area contributed by atoms with Gasteiger partial charge in [-0.15, -0.1) is 0 Å². The Bertz CT molecular complexity index is 739. The van der Waals surface area contributed by atoms with Gasteiger partial charge in [0.15, 0.2) is 11.5 Å². The monoisotopic (exact) mass is 353 g/mol. The molecule has 2 aromatic carbocycles. The summed E-state index contributed by atoms with van der Waals surface area (Å²) in [5.41, 5.74) is 0.178. The molecule has 0 saturated carbocycles. The molecular formula is C16H16ClNO6. The van der Waals surface area contributed by atoms with E-state index in [4.69, 9.17) is 25.8 Å². The Morgan fingerprint density at radius 1 is 1.08 bits per heavy atom. The van der Waals surface area contributed by atoms with Gasteiger partial charge in [-0.2, -0.15) is 0 Å². The summed E-state index contributed by atoms with van der Waals surface area (Å²) in [6, 6.07) is 7.05. The van der Waals surface area contributed by atoms with Crippen LogP contribution in [0.15, 0.2) is 30.3 Å². The van der Waals surface area contributed by atoms with Crippen LogP contribution in [0, 0.1) is 10.1 Å². The molecule has 0 aliphatic heterocycles. The molecule has 2 aromatic rings. The number of hydrogen-bond acceptors (Lipinski definition) is 6. The van der Waals surface area contributed by atoms with E-state index < -0.39 is 11.0 Å². The van der Waals surface area contributed by atoms with E-state index in [2.05, 4.69) is 0 Å².